The summed E-state index contributed by atoms with van der Waals surface area (Å²) < 4.78 is 12.9. The zero-order chi connectivity index (χ0) is 13.5. The van der Waals surface area contributed by atoms with Crippen molar-refractivity contribution in [3.8, 4) is 6.07 Å². The number of carboxylic acid groups (broad SMARTS) is 1. The molecule has 0 aliphatic carbocycles. The van der Waals surface area contributed by atoms with Crippen LogP contribution in [0.15, 0.2) is 24.3 Å². The summed E-state index contributed by atoms with van der Waals surface area (Å²) in [5.41, 5.74) is 0.0400. The highest BCUT2D eigenvalue weighted by atomic mass is 19.1. The summed E-state index contributed by atoms with van der Waals surface area (Å²) in [6.45, 7) is 0. The van der Waals surface area contributed by atoms with E-state index >= 15 is 0 Å². The monoisotopic (exact) mass is 250 g/mol. The molecule has 0 aliphatic rings. The Morgan fingerprint density at radius 1 is 1.50 bits per heavy atom. The second-order valence-electron chi connectivity index (χ2n) is 3.57. The second-order valence-corrected chi connectivity index (χ2v) is 3.57. The molecule has 1 atom stereocenters. The van der Waals surface area contributed by atoms with Crippen molar-refractivity contribution < 1.29 is 19.1 Å². The molecule has 1 amide bonds. The SMILES string of the molecule is N#CCC[C@H](NC(=O)c1cccc(F)c1)C(=O)O. The van der Waals surface area contributed by atoms with Crippen LogP contribution in [0.25, 0.3) is 0 Å². The minimum atomic E-state index is -1.23. The van der Waals surface area contributed by atoms with Gasteiger partial charge in [-0.1, -0.05) is 6.07 Å². The number of carboxylic acids is 1. The van der Waals surface area contributed by atoms with Crippen LogP contribution in [0.4, 0.5) is 4.39 Å². The highest BCUT2D eigenvalue weighted by Crippen LogP contribution is 2.05. The number of hydrogen-bond donors (Lipinski definition) is 2. The van der Waals surface area contributed by atoms with Gasteiger partial charge in [0.1, 0.15) is 11.9 Å². The molecule has 0 aliphatic heterocycles. The Hall–Kier alpha value is -2.42. The summed E-state index contributed by atoms with van der Waals surface area (Å²) in [6.07, 6.45) is 0.0211. The molecule has 1 rings (SSSR count). The van der Waals surface area contributed by atoms with Gasteiger partial charge >= 0.3 is 5.97 Å². The van der Waals surface area contributed by atoms with Gasteiger partial charge < -0.3 is 10.4 Å². The first-order valence-electron chi connectivity index (χ1n) is 5.20. The molecule has 94 valence electrons. The summed E-state index contributed by atoms with van der Waals surface area (Å²) in [7, 11) is 0. The Labute approximate surface area is 103 Å². The smallest absolute Gasteiger partial charge is 0.326 e. The lowest BCUT2D eigenvalue weighted by atomic mass is 10.1. The number of nitrogens with one attached hydrogen (secondary N) is 1. The lowest BCUT2D eigenvalue weighted by Crippen LogP contribution is -2.40. The number of amides is 1. The zero-order valence-corrected chi connectivity index (χ0v) is 9.39. The van der Waals surface area contributed by atoms with Crippen LogP contribution in [-0.2, 0) is 4.79 Å². The van der Waals surface area contributed by atoms with Crippen molar-refractivity contribution in [1.82, 2.24) is 5.32 Å². The first-order valence-corrected chi connectivity index (χ1v) is 5.20. The van der Waals surface area contributed by atoms with E-state index in [9.17, 15) is 14.0 Å². The third-order valence-electron chi connectivity index (χ3n) is 2.24. The predicted molar refractivity (Wildman–Crippen MR) is 60.1 cm³/mol. The van der Waals surface area contributed by atoms with Crippen LogP contribution in [0.5, 0.6) is 0 Å². The standard InChI is InChI=1S/C12H11FN2O3/c13-9-4-1-3-8(7-9)11(16)15-10(12(17)18)5-2-6-14/h1,3-4,7,10H,2,5H2,(H,15,16)(H,17,18)/t10-/m0/s1. The molecule has 0 saturated carbocycles. The highest BCUT2D eigenvalue weighted by Gasteiger charge is 2.20. The Morgan fingerprint density at radius 3 is 2.78 bits per heavy atom. The van der Waals surface area contributed by atoms with Crippen LogP contribution in [-0.4, -0.2) is 23.0 Å². The molecule has 1 aromatic rings. The maximum atomic E-state index is 12.9. The molecule has 0 saturated heterocycles. The quantitative estimate of drug-likeness (QED) is 0.824. The fourth-order valence-electron chi connectivity index (χ4n) is 1.34. The minimum absolute atomic E-state index is 0.00683. The first-order chi connectivity index (χ1) is 8.54. The maximum Gasteiger partial charge on any atom is 0.326 e. The van der Waals surface area contributed by atoms with Gasteiger partial charge in [-0.05, 0) is 24.6 Å². The molecule has 0 bridgehead atoms. The molecule has 0 heterocycles. The fourth-order valence-corrected chi connectivity index (χ4v) is 1.34. The zero-order valence-electron chi connectivity index (χ0n) is 9.39. The summed E-state index contributed by atoms with van der Waals surface area (Å²) in [5.74, 6) is -2.48. The van der Waals surface area contributed by atoms with Crippen LogP contribution >= 0.6 is 0 Å². The van der Waals surface area contributed by atoms with E-state index in [4.69, 9.17) is 10.4 Å². The van der Waals surface area contributed by atoms with E-state index in [2.05, 4.69) is 5.32 Å². The van der Waals surface area contributed by atoms with Crippen molar-refractivity contribution >= 4 is 11.9 Å². The van der Waals surface area contributed by atoms with Crippen LogP contribution in [0.1, 0.15) is 23.2 Å². The number of nitrogens with zero attached hydrogens (tertiary/aromatic N) is 1. The minimum Gasteiger partial charge on any atom is -0.480 e. The molecule has 2 N–H and O–H groups in total. The average molecular weight is 250 g/mol. The summed E-state index contributed by atoms with van der Waals surface area (Å²) in [5, 5.41) is 19.5. The lowest BCUT2D eigenvalue weighted by molar-refractivity contribution is -0.139. The van der Waals surface area contributed by atoms with Crippen molar-refractivity contribution in [3.05, 3.63) is 35.6 Å². The van der Waals surface area contributed by atoms with Crippen LogP contribution in [0.3, 0.4) is 0 Å². The van der Waals surface area contributed by atoms with Crippen molar-refractivity contribution in [3.63, 3.8) is 0 Å². The first kappa shape index (κ1) is 13.6. The number of halogens is 1. The number of aliphatic carboxylic acids is 1. The summed E-state index contributed by atoms with van der Waals surface area (Å²) in [6, 6.07) is 5.58. The van der Waals surface area contributed by atoms with Crippen LogP contribution in [0, 0.1) is 17.1 Å². The van der Waals surface area contributed by atoms with Gasteiger partial charge in [0.05, 0.1) is 6.07 Å². The van der Waals surface area contributed by atoms with E-state index in [0.717, 1.165) is 6.07 Å². The third kappa shape index (κ3) is 3.87. The van der Waals surface area contributed by atoms with Gasteiger partial charge in [-0.15, -0.1) is 0 Å². The van der Waals surface area contributed by atoms with E-state index in [-0.39, 0.29) is 18.4 Å². The number of benzene rings is 1. The number of hydrogen-bond acceptors (Lipinski definition) is 3. The Kier molecular flexibility index (Phi) is 4.81. The Morgan fingerprint density at radius 2 is 2.22 bits per heavy atom. The molecule has 0 fully saturated rings. The van der Waals surface area contributed by atoms with Gasteiger partial charge in [-0.3, -0.25) is 4.79 Å². The van der Waals surface area contributed by atoms with Crippen LogP contribution < -0.4 is 5.32 Å². The molecule has 18 heavy (non-hydrogen) atoms. The molecule has 0 unspecified atom stereocenters. The third-order valence-corrected chi connectivity index (χ3v) is 2.24. The molecule has 0 spiro atoms. The maximum absolute atomic E-state index is 12.9. The van der Waals surface area contributed by atoms with Gasteiger partial charge in [0.25, 0.3) is 5.91 Å². The number of carbonyl (C=O) groups excluding carboxylic acids is 1. The van der Waals surface area contributed by atoms with Crippen LogP contribution in [0.2, 0.25) is 0 Å². The molecular weight excluding hydrogens is 239 g/mol. The van der Waals surface area contributed by atoms with E-state index in [1.54, 1.807) is 6.07 Å². The average Bonchev–Trinajstić information content (AvgIpc) is 2.33. The van der Waals surface area contributed by atoms with Crippen molar-refractivity contribution in [2.75, 3.05) is 0 Å². The van der Waals surface area contributed by atoms with Crippen molar-refractivity contribution in [1.29, 1.82) is 5.26 Å². The van der Waals surface area contributed by atoms with E-state index < -0.39 is 23.7 Å². The number of carbonyl (C=O) groups is 2. The van der Waals surface area contributed by atoms with Crippen molar-refractivity contribution in [2.24, 2.45) is 0 Å². The Balaban J connectivity index is 2.73. The molecule has 0 aromatic heterocycles. The molecule has 6 heteroatoms. The van der Waals surface area contributed by atoms with E-state index in [0.29, 0.717) is 0 Å². The topological polar surface area (TPSA) is 90.2 Å². The number of rotatable bonds is 5. The molecular formula is C12H11FN2O3. The summed E-state index contributed by atoms with van der Waals surface area (Å²) in [4.78, 5) is 22.5. The van der Waals surface area contributed by atoms with Crippen molar-refractivity contribution in [2.45, 2.75) is 18.9 Å². The Bertz CT molecular complexity index is 496. The lowest BCUT2D eigenvalue weighted by Gasteiger charge is -2.12. The van der Waals surface area contributed by atoms with Gasteiger partial charge in [-0.2, -0.15) is 5.26 Å². The normalized spacial score (nSPS) is 11.3. The molecule has 5 nitrogen and oxygen atoms in total. The summed E-state index contributed by atoms with van der Waals surface area (Å²) >= 11 is 0. The second kappa shape index (κ2) is 6.35. The van der Waals surface area contributed by atoms with Gasteiger partial charge in [0, 0.05) is 12.0 Å². The van der Waals surface area contributed by atoms with E-state index in [1.807, 2.05) is 0 Å². The fraction of sp³-hybridized carbons (Fsp3) is 0.250. The highest BCUT2D eigenvalue weighted by molar-refractivity contribution is 5.96. The van der Waals surface area contributed by atoms with Gasteiger partial charge in [-0.25, -0.2) is 9.18 Å². The number of nitriles is 1. The van der Waals surface area contributed by atoms with Gasteiger partial charge in [0.2, 0.25) is 0 Å². The largest absolute Gasteiger partial charge is 0.480 e. The van der Waals surface area contributed by atoms with Gasteiger partial charge in [0.15, 0.2) is 0 Å². The molecule has 1 aromatic carbocycles. The van der Waals surface area contributed by atoms with E-state index in [1.165, 1.54) is 18.2 Å². The predicted octanol–water partition coefficient (Wildman–Crippen LogP) is 1.31. The molecule has 0 radical (unpaired) electrons.